The molecule has 0 fully saturated rings. The number of benzene rings is 2. The molecule has 0 spiro atoms. The largest absolute Gasteiger partial charge is 0.490 e. The molecule has 244 valence electrons. The number of hydrogen-bond donors (Lipinski definition) is 0. The quantitative estimate of drug-likeness (QED) is 0.0710. The summed E-state index contributed by atoms with van der Waals surface area (Å²) in [5, 5.41) is 0. The fraction of sp³-hybridized carbons (Fsp3) is 0.667. The van der Waals surface area contributed by atoms with E-state index in [4.69, 9.17) is 33.2 Å². The highest BCUT2D eigenvalue weighted by atomic mass is 16.7. The Kier molecular flexibility index (Phi) is 21.3. The summed E-state index contributed by atoms with van der Waals surface area (Å²) in [6.45, 7) is 12.4. The van der Waals surface area contributed by atoms with Gasteiger partial charge in [0.05, 0.1) is 39.6 Å². The van der Waals surface area contributed by atoms with Crippen molar-refractivity contribution in [3.05, 3.63) is 47.5 Å². The average molecular weight is 603 g/mol. The lowest BCUT2D eigenvalue weighted by Crippen LogP contribution is -2.09. The van der Waals surface area contributed by atoms with Gasteiger partial charge >= 0.3 is 0 Å². The average Bonchev–Trinajstić information content (AvgIpc) is 3.02. The van der Waals surface area contributed by atoms with Crippen molar-refractivity contribution in [2.45, 2.75) is 118 Å². The molecule has 2 aromatic rings. The Bertz CT molecular complexity index is 874. The van der Waals surface area contributed by atoms with Crippen LogP contribution in [0.3, 0.4) is 0 Å². The first-order valence-electron chi connectivity index (χ1n) is 16.7. The molecule has 0 atom stereocenters. The van der Waals surface area contributed by atoms with Crippen LogP contribution >= 0.6 is 0 Å². The van der Waals surface area contributed by atoms with Crippen molar-refractivity contribution < 1.29 is 33.2 Å². The molecule has 0 aromatic heterocycles. The zero-order valence-electron chi connectivity index (χ0n) is 27.5. The van der Waals surface area contributed by atoms with Gasteiger partial charge in [0.25, 0.3) is 0 Å². The highest BCUT2D eigenvalue weighted by Gasteiger charge is 2.13. The van der Waals surface area contributed by atoms with Crippen molar-refractivity contribution in [1.82, 2.24) is 0 Å². The molecule has 0 N–H and O–H groups in total. The number of hydrogen-bond acceptors (Lipinski definition) is 7. The van der Waals surface area contributed by atoms with Crippen molar-refractivity contribution in [2.75, 3.05) is 40.0 Å². The Morgan fingerprint density at radius 2 is 0.791 bits per heavy atom. The van der Waals surface area contributed by atoms with Gasteiger partial charge in [0.15, 0.2) is 23.0 Å². The van der Waals surface area contributed by atoms with Crippen LogP contribution in [0.4, 0.5) is 0 Å². The van der Waals surface area contributed by atoms with Gasteiger partial charge in [-0.25, -0.2) is 0 Å². The van der Waals surface area contributed by atoms with E-state index >= 15 is 0 Å². The smallest absolute Gasteiger partial charge is 0.166 e. The molecule has 0 unspecified atom stereocenters. The van der Waals surface area contributed by atoms with Crippen LogP contribution in [0.25, 0.3) is 0 Å². The predicted molar refractivity (Wildman–Crippen MR) is 173 cm³/mol. The first-order chi connectivity index (χ1) is 21.2. The van der Waals surface area contributed by atoms with Gasteiger partial charge in [-0.1, -0.05) is 103 Å². The van der Waals surface area contributed by atoms with Crippen molar-refractivity contribution >= 4 is 0 Å². The van der Waals surface area contributed by atoms with Gasteiger partial charge in [0.2, 0.25) is 0 Å². The van der Waals surface area contributed by atoms with E-state index in [0.717, 1.165) is 111 Å². The molecule has 0 radical (unpaired) electrons. The van der Waals surface area contributed by atoms with Crippen LogP contribution in [-0.4, -0.2) is 40.0 Å². The van der Waals surface area contributed by atoms with E-state index in [-0.39, 0.29) is 13.6 Å². The van der Waals surface area contributed by atoms with Gasteiger partial charge in [-0.3, -0.25) is 0 Å². The summed E-state index contributed by atoms with van der Waals surface area (Å²) in [5.41, 5.74) is 1.91. The minimum absolute atomic E-state index is 0.109. The van der Waals surface area contributed by atoms with Crippen molar-refractivity contribution in [1.29, 1.82) is 0 Å². The highest BCUT2D eigenvalue weighted by molar-refractivity contribution is 5.47. The summed E-state index contributed by atoms with van der Waals surface area (Å²) in [6.07, 6.45) is 13.3. The van der Waals surface area contributed by atoms with Gasteiger partial charge in [0.1, 0.15) is 13.6 Å². The molecule has 0 aliphatic heterocycles. The van der Waals surface area contributed by atoms with E-state index in [9.17, 15) is 0 Å². The van der Waals surface area contributed by atoms with Gasteiger partial charge in [-0.15, -0.1) is 0 Å². The molecular formula is C36H58O7. The first-order valence-corrected chi connectivity index (χ1v) is 16.7. The van der Waals surface area contributed by atoms with E-state index < -0.39 is 0 Å². The van der Waals surface area contributed by atoms with E-state index in [2.05, 4.69) is 27.7 Å². The Labute approximate surface area is 261 Å². The SMILES string of the molecule is CCCCCOc1cccc(COCOCOCc2cccc(OCCCCC)c2OCCCCC)c1OCCCCC. The first kappa shape index (κ1) is 36.7. The molecule has 7 nitrogen and oxygen atoms in total. The lowest BCUT2D eigenvalue weighted by molar-refractivity contribution is -0.139. The predicted octanol–water partition coefficient (Wildman–Crippen LogP) is 9.63. The van der Waals surface area contributed by atoms with Crippen LogP contribution in [0, 0.1) is 0 Å². The number of ether oxygens (including phenoxy) is 7. The second-order valence-electron chi connectivity index (χ2n) is 10.8. The monoisotopic (exact) mass is 602 g/mol. The van der Waals surface area contributed by atoms with E-state index in [1.165, 1.54) is 0 Å². The Morgan fingerprint density at radius 3 is 1.16 bits per heavy atom. The second-order valence-corrected chi connectivity index (χ2v) is 10.8. The molecule has 7 heteroatoms. The fourth-order valence-corrected chi connectivity index (χ4v) is 4.48. The van der Waals surface area contributed by atoms with Gasteiger partial charge < -0.3 is 33.2 Å². The van der Waals surface area contributed by atoms with Crippen LogP contribution in [0.5, 0.6) is 23.0 Å². The third-order valence-electron chi connectivity index (χ3n) is 6.97. The number of para-hydroxylation sites is 2. The third kappa shape index (κ3) is 15.7. The molecule has 2 rings (SSSR count). The fourth-order valence-electron chi connectivity index (χ4n) is 4.48. The summed E-state index contributed by atoms with van der Waals surface area (Å²) in [4.78, 5) is 0. The number of unbranched alkanes of at least 4 members (excludes halogenated alkanes) is 8. The molecule has 0 aliphatic rings. The van der Waals surface area contributed by atoms with Crippen molar-refractivity contribution in [2.24, 2.45) is 0 Å². The van der Waals surface area contributed by atoms with Crippen molar-refractivity contribution in [3.63, 3.8) is 0 Å². The molecular weight excluding hydrogens is 544 g/mol. The van der Waals surface area contributed by atoms with E-state index in [1.807, 2.05) is 36.4 Å². The van der Waals surface area contributed by atoms with Gasteiger partial charge in [-0.2, -0.15) is 0 Å². The second kappa shape index (κ2) is 24.9. The lowest BCUT2D eigenvalue weighted by Gasteiger charge is -2.17. The van der Waals surface area contributed by atoms with Crippen LogP contribution in [0.1, 0.15) is 116 Å². The maximum Gasteiger partial charge on any atom is 0.166 e. The minimum atomic E-state index is 0.109. The Balaban J connectivity index is 1.85. The van der Waals surface area contributed by atoms with Crippen molar-refractivity contribution in [3.8, 4) is 23.0 Å². The van der Waals surface area contributed by atoms with Crippen LogP contribution in [0.2, 0.25) is 0 Å². The summed E-state index contributed by atoms with van der Waals surface area (Å²) in [5.74, 6) is 3.11. The zero-order chi connectivity index (χ0) is 30.8. The molecule has 0 aliphatic carbocycles. The minimum Gasteiger partial charge on any atom is -0.490 e. The lowest BCUT2D eigenvalue weighted by atomic mass is 10.2. The molecule has 0 bridgehead atoms. The van der Waals surface area contributed by atoms with Crippen LogP contribution < -0.4 is 18.9 Å². The standard InChI is InChI=1S/C36H58O7/c1-5-9-13-23-40-33-21-17-19-31(35(33)42-25-15-11-7-3)27-37-29-39-30-38-28-32-20-18-22-34(41-24-14-10-6-2)36(32)43-26-16-12-8-4/h17-22H,5-16,23-30H2,1-4H3. The summed E-state index contributed by atoms with van der Waals surface area (Å²) in [6, 6.07) is 12.0. The number of rotatable bonds is 28. The summed E-state index contributed by atoms with van der Waals surface area (Å²) >= 11 is 0. The molecule has 0 saturated heterocycles. The maximum absolute atomic E-state index is 6.18. The van der Waals surface area contributed by atoms with Crippen LogP contribution in [-0.2, 0) is 27.4 Å². The summed E-state index contributed by atoms with van der Waals surface area (Å²) < 4.78 is 41.8. The normalized spacial score (nSPS) is 11.1. The van der Waals surface area contributed by atoms with E-state index in [0.29, 0.717) is 39.6 Å². The van der Waals surface area contributed by atoms with E-state index in [1.54, 1.807) is 0 Å². The van der Waals surface area contributed by atoms with Gasteiger partial charge in [0, 0.05) is 11.1 Å². The molecule has 43 heavy (non-hydrogen) atoms. The molecule has 0 heterocycles. The topological polar surface area (TPSA) is 64.6 Å². The summed E-state index contributed by atoms with van der Waals surface area (Å²) in [7, 11) is 0. The molecule has 2 aromatic carbocycles. The van der Waals surface area contributed by atoms with Crippen LogP contribution in [0.15, 0.2) is 36.4 Å². The molecule has 0 saturated carbocycles. The Morgan fingerprint density at radius 1 is 0.419 bits per heavy atom. The van der Waals surface area contributed by atoms with Gasteiger partial charge in [-0.05, 0) is 37.8 Å². The maximum atomic E-state index is 6.18. The molecule has 0 amide bonds. The third-order valence-corrected chi connectivity index (χ3v) is 6.97. The zero-order valence-corrected chi connectivity index (χ0v) is 27.5. The highest BCUT2D eigenvalue weighted by Crippen LogP contribution is 2.33. The Hall–Kier alpha value is -2.48.